The Morgan fingerprint density at radius 1 is 1.21 bits per heavy atom. The molecule has 4 N–H and O–H groups in total. The molecule has 14 heavy (non-hydrogen) atoms. The van der Waals surface area contributed by atoms with E-state index in [1.54, 1.807) is 0 Å². The number of aliphatic carboxylic acids is 1. The molecule has 0 amide bonds. The Morgan fingerprint density at radius 3 is 2.21 bits per heavy atom. The second-order valence-electron chi connectivity index (χ2n) is 2.97. The van der Waals surface area contributed by atoms with E-state index in [9.17, 15) is 20.1 Å². The van der Waals surface area contributed by atoms with E-state index in [4.69, 9.17) is 9.84 Å². The highest BCUT2D eigenvalue weighted by Gasteiger charge is 2.46. The van der Waals surface area contributed by atoms with Gasteiger partial charge in [0.2, 0.25) is 0 Å². The molecule has 0 aromatic carbocycles. The van der Waals surface area contributed by atoms with Gasteiger partial charge in [-0.05, 0) is 0 Å². The van der Waals surface area contributed by atoms with Crippen LogP contribution in [-0.4, -0.2) is 64.2 Å². The number of carbonyl (C=O) groups is 1. The quantitative estimate of drug-likeness (QED) is 0.397. The molecular weight excluding hydrogens is 196 g/mol. The van der Waals surface area contributed by atoms with Crippen LogP contribution in [0.5, 0.6) is 0 Å². The number of carboxylic acids is 1. The molecule has 1 aliphatic heterocycles. The molecule has 0 spiro atoms. The molecule has 1 aliphatic rings. The van der Waals surface area contributed by atoms with Crippen LogP contribution in [0, 0.1) is 0 Å². The molecule has 1 rings (SSSR count). The van der Waals surface area contributed by atoms with Gasteiger partial charge in [0.05, 0.1) is 0 Å². The van der Waals surface area contributed by atoms with Gasteiger partial charge in [0.25, 0.3) is 0 Å². The molecule has 0 radical (unpaired) electrons. The maximum absolute atomic E-state index is 10.5. The first kappa shape index (κ1) is 11.3. The van der Waals surface area contributed by atoms with Crippen molar-refractivity contribution in [3.63, 3.8) is 0 Å². The summed E-state index contributed by atoms with van der Waals surface area (Å²) in [7, 11) is 1.19. The van der Waals surface area contributed by atoms with Gasteiger partial charge >= 0.3 is 5.97 Å². The molecule has 82 valence electrons. The lowest BCUT2D eigenvalue weighted by atomic mass is 9.99. The minimum Gasteiger partial charge on any atom is -0.479 e. The second-order valence-corrected chi connectivity index (χ2v) is 2.97. The minimum atomic E-state index is -1.67. The Hall–Kier alpha value is -0.730. The van der Waals surface area contributed by atoms with E-state index in [2.05, 4.69) is 4.74 Å². The Kier molecular flexibility index (Phi) is 3.40. The van der Waals surface area contributed by atoms with Crippen molar-refractivity contribution in [2.75, 3.05) is 7.11 Å². The first-order valence-electron chi connectivity index (χ1n) is 3.94. The van der Waals surface area contributed by atoms with E-state index in [1.165, 1.54) is 7.11 Å². The fourth-order valence-corrected chi connectivity index (χ4v) is 1.25. The molecule has 1 fully saturated rings. The fraction of sp³-hybridized carbons (Fsp3) is 0.857. The molecule has 1 saturated heterocycles. The van der Waals surface area contributed by atoms with Gasteiger partial charge in [0, 0.05) is 7.11 Å². The van der Waals surface area contributed by atoms with Crippen molar-refractivity contribution in [3.8, 4) is 0 Å². The molecule has 0 aromatic heterocycles. The number of methoxy groups -OCH3 is 1. The third-order valence-electron chi connectivity index (χ3n) is 2.05. The van der Waals surface area contributed by atoms with Crippen LogP contribution in [0.2, 0.25) is 0 Å². The van der Waals surface area contributed by atoms with Crippen LogP contribution in [-0.2, 0) is 14.3 Å². The zero-order valence-corrected chi connectivity index (χ0v) is 7.40. The Labute approximate surface area is 79.5 Å². The summed E-state index contributed by atoms with van der Waals surface area (Å²) < 4.78 is 9.31. The third kappa shape index (κ3) is 1.86. The van der Waals surface area contributed by atoms with Gasteiger partial charge in [-0.3, -0.25) is 0 Å². The number of aliphatic hydroxyl groups is 3. The monoisotopic (exact) mass is 208 g/mol. The molecule has 7 heteroatoms. The summed E-state index contributed by atoms with van der Waals surface area (Å²) in [6, 6.07) is 0. The zero-order valence-electron chi connectivity index (χ0n) is 7.40. The lowest BCUT2D eigenvalue weighted by molar-refractivity contribution is -0.287. The van der Waals surface area contributed by atoms with Crippen molar-refractivity contribution >= 4 is 5.97 Å². The molecule has 0 unspecified atom stereocenters. The predicted molar refractivity (Wildman–Crippen MR) is 41.3 cm³/mol. The summed E-state index contributed by atoms with van der Waals surface area (Å²) in [5.74, 6) is -1.43. The summed E-state index contributed by atoms with van der Waals surface area (Å²) in [4.78, 5) is 10.5. The van der Waals surface area contributed by atoms with Gasteiger partial charge in [-0.15, -0.1) is 0 Å². The normalized spacial score (nSPS) is 43.6. The van der Waals surface area contributed by atoms with Gasteiger partial charge in [-0.1, -0.05) is 0 Å². The van der Waals surface area contributed by atoms with Crippen molar-refractivity contribution in [3.05, 3.63) is 0 Å². The highest BCUT2D eigenvalue weighted by Crippen LogP contribution is 2.21. The Morgan fingerprint density at radius 2 is 1.79 bits per heavy atom. The lowest BCUT2D eigenvalue weighted by Crippen LogP contribution is -2.60. The maximum atomic E-state index is 10.5. The first-order valence-corrected chi connectivity index (χ1v) is 3.94. The molecule has 0 saturated carbocycles. The molecule has 7 nitrogen and oxygen atoms in total. The fourth-order valence-electron chi connectivity index (χ4n) is 1.25. The maximum Gasteiger partial charge on any atom is 0.335 e. The van der Waals surface area contributed by atoms with Crippen molar-refractivity contribution in [1.82, 2.24) is 0 Å². The highest BCUT2D eigenvalue weighted by atomic mass is 16.7. The van der Waals surface area contributed by atoms with Crippen molar-refractivity contribution in [2.24, 2.45) is 0 Å². The summed E-state index contributed by atoms with van der Waals surface area (Å²) in [5.41, 5.74) is 0. The Balaban J connectivity index is 2.78. The smallest absolute Gasteiger partial charge is 0.335 e. The average Bonchev–Trinajstić information content (AvgIpc) is 2.14. The SMILES string of the molecule is CO[C@@H]1O[C@@H](C(=O)O)[C@@H](O)[C@H](O)[C@H]1O. The summed E-state index contributed by atoms with van der Waals surface area (Å²) in [6.07, 6.45) is -7.60. The van der Waals surface area contributed by atoms with E-state index in [-0.39, 0.29) is 0 Å². The van der Waals surface area contributed by atoms with E-state index >= 15 is 0 Å². The number of hydrogen-bond donors (Lipinski definition) is 4. The van der Waals surface area contributed by atoms with Gasteiger partial charge in [-0.25, -0.2) is 4.79 Å². The summed E-state index contributed by atoms with van der Waals surface area (Å²) in [5, 5.41) is 36.3. The van der Waals surface area contributed by atoms with Gasteiger partial charge in [0.1, 0.15) is 18.3 Å². The van der Waals surface area contributed by atoms with Crippen molar-refractivity contribution in [1.29, 1.82) is 0 Å². The Bertz CT molecular complexity index is 216. The number of hydrogen-bond acceptors (Lipinski definition) is 6. The summed E-state index contributed by atoms with van der Waals surface area (Å²) in [6.45, 7) is 0. The molecule has 5 atom stereocenters. The minimum absolute atomic E-state index is 1.19. The lowest BCUT2D eigenvalue weighted by Gasteiger charge is -2.37. The zero-order chi connectivity index (χ0) is 10.9. The predicted octanol–water partition coefficient (Wildman–Crippen LogP) is -2.47. The molecule has 0 aliphatic carbocycles. The molecule has 0 aromatic rings. The van der Waals surface area contributed by atoms with Gasteiger partial charge < -0.3 is 29.9 Å². The standard InChI is InChI=1S/C7H12O7/c1-13-7-4(10)2(8)3(9)5(14-7)6(11)12/h2-5,7-10H,1H3,(H,11,12)/t2-,3-,4+,5+,7+/m0/s1. The van der Waals surface area contributed by atoms with Gasteiger partial charge in [-0.2, -0.15) is 0 Å². The van der Waals surface area contributed by atoms with Crippen LogP contribution in [0.1, 0.15) is 0 Å². The summed E-state index contributed by atoms with van der Waals surface area (Å²) >= 11 is 0. The van der Waals surface area contributed by atoms with Crippen molar-refractivity contribution in [2.45, 2.75) is 30.7 Å². The van der Waals surface area contributed by atoms with Crippen LogP contribution in [0.4, 0.5) is 0 Å². The second kappa shape index (κ2) is 4.20. The molecular formula is C7H12O7. The largest absolute Gasteiger partial charge is 0.479 e. The van der Waals surface area contributed by atoms with Crippen LogP contribution in [0.25, 0.3) is 0 Å². The third-order valence-corrected chi connectivity index (χ3v) is 2.05. The molecule has 1 heterocycles. The topological polar surface area (TPSA) is 116 Å². The number of carboxylic acid groups (broad SMARTS) is 1. The van der Waals surface area contributed by atoms with Crippen LogP contribution >= 0.6 is 0 Å². The van der Waals surface area contributed by atoms with E-state index in [0.717, 1.165) is 0 Å². The number of rotatable bonds is 2. The van der Waals surface area contributed by atoms with Crippen LogP contribution in [0.15, 0.2) is 0 Å². The molecule has 0 bridgehead atoms. The van der Waals surface area contributed by atoms with E-state index in [0.29, 0.717) is 0 Å². The van der Waals surface area contributed by atoms with Crippen molar-refractivity contribution < 1.29 is 34.7 Å². The van der Waals surface area contributed by atoms with E-state index in [1.807, 2.05) is 0 Å². The highest BCUT2D eigenvalue weighted by molar-refractivity contribution is 5.73. The number of ether oxygens (including phenoxy) is 2. The van der Waals surface area contributed by atoms with E-state index < -0.39 is 36.7 Å². The van der Waals surface area contributed by atoms with Gasteiger partial charge in [0.15, 0.2) is 12.4 Å². The number of aliphatic hydroxyl groups excluding tert-OH is 3. The van der Waals surface area contributed by atoms with Crippen LogP contribution in [0.3, 0.4) is 0 Å². The van der Waals surface area contributed by atoms with Crippen LogP contribution < -0.4 is 0 Å². The average molecular weight is 208 g/mol. The first-order chi connectivity index (χ1) is 6.49.